The second-order valence-electron chi connectivity index (χ2n) is 10.5. The summed E-state index contributed by atoms with van der Waals surface area (Å²) in [6.07, 6.45) is 6.93. The molecule has 0 spiro atoms. The first kappa shape index (κ1) is 31.5. The number of nitrogen functional groups attached to an aromatic ring is 4. The fourth-order valence-electron chi connectivity index (χ4n) is 4.15. The van der Waals surface area contributed by atoms with Gasteiger partial charge in [-0.05, 0) is 93.2 Å². The van der Waals surface area contributed by atoms with Gasteiger partial charge in [-0.15, -0.1) is 0 Å². The van der Waals surface area contributed by atoms with Gasteiger partial charge in [0.15, 0.2) is 0 Å². The summed E-state index contributed by atoms with van der Waals surface area (Å²) < 4.78 is 0. The van der Waals surface area contributed by atoms with Gasteiger partial charge in [0.05, 0.1) is 0 Å². The third-order valence-electron chi connectivity index (χ3n) is 7.45. The Bertz CT molecular complexity index is 873. The smallest absolute Gasteiger partial charge is 0.0364 e. The fraction of sp³-hybridized carbons (Fsp3) is 0.571. The van der Waals surface area contributed by atoms with Crippen molar-refractivity contribution >= 4 is 22.7 Å². The highest BCUT2D eigenvalue weighted by Gasteiger charge is 2.24. The van der Waals surface area contributed by atoms with E-state index in [-0.39, 0.29) is 0 Å². The zero-order chi connectivity index (χ0) is 27.4. The molecule has 36 heavy (non-hydrogen) atoms. The van der Waals surface area contributed by atoms with Gasteiger partial charge in [-0.2, -0.15) is 0 Å². The van der Waals surface area contributed by atoms with Crippen molar-refractivity contribution in [2.45, 2.75) is 90.4 Å². The highest BCUT2D eigenvalue weighted by Crippen LogP contribution is 2.22. The predicted molar refractivity (Wildman–Crippen MR) is 158 cm³/mol. The molecule has 5 atom stereocenters. The molecule has 0 aromatic heterocycles. The van der Waals surface area contributed by atoms with Crippen LogP contribution in [0.15, 0.2) is 36.4 Å². The van der Waals surface area contributed by atoms with Crippen molar-refractivity contribution in [3.8, 4) is 0 Å². The van der Waals surface area contributed by atoms with E-state index in [1.165, 1.54) is 12.8 Å². The number of benzene rings is 2. The van der Waals surface area contributed by atoms with E-state index in [4.69, 9.17) is 45.9 Å². The monoisotopic (exact) mass is 500 g/mol. The maximum Gasteiger partial charge on any atom is 0.0364 e. The van der Waals surface area contributed by atoms with Crippen LogP contribution in [-0.4, -0.2) is 24.2 Å². The normalized spacial score (nSPS) is 27.2. The Morgan fingerprint density at radius 2 is 1.22 bits per heavy atom. The standard InChI is InChI=1S/C7H16N2.C7H10N2.C7H16N2.C7H10N2/c2*1-5-2-3-6(8)4-7(5)9;2*1-5-6(8)3-2-4-7(5)9/h5-7H,2-4,8-9H2,1H3;2-4H,8-9H2,1H3;5-7H,2-4,8-9H2,1H3;2-4H,8-9H2,1H3. The Labute approximate surface area is 218 Å². The minimum atomic E-state index is 0.355. The van der Waals surface area contributed by atoms with Crippen LogP contribution < -0.4 is 45.9 Å². The molecule has 0 heterocycles. The van der Waals surface area contributed by atoms with Crippen molar-refractivity contribution in [1.29, 1.82) is 0 Å². The van der Waals surface area contributed by atoms with Crippen molar-refractivity contribution in [3.05, 3.63) is 47.5 Å². The Hall–Kier alpha value is -2.52. The molecule has 0 bridgehead atoms. The Kier molecular flexibility index (Phi) is 13.6. The van der Waals surface area contributed by atoms with Crippen LogP contribution in [0.5, 0.6) is 0 Å². The summed E-state index contributed by atoms with van der Waals surface area (Å²) in [4.78, 5) is 0. The molecular weight excluding hydrogens is 448 g/mol. The van der Waals surface area contributed by atoms with Gasteiger partial charge in [-0.3, -0.25) is 0 Å². The van der Waals surface area contributed by atoms with Crippen LogP contribution in [0.1, 0.15) is 63.5 Å². The molecule has 8 heteroatoms. The Balaban J connectivity index is 0.000000240. The molecule has 2 saturated carbocycles. The van der Waals surface area contributed by atoms with Crippen molar-refractivity contribution < 1.29 is 0 Å². The minimum Gasteiger partial charge on any atom is -0.399 e. The molecule has 0 aliphatic heterocycles. The third-order valence-corrected chi connectivity index (χ3v) is 7.45. The number of aryl methyl sites for hydroxylation is 1. The van der Waals surface area contributed by atoms with Crippen LogP contribution in [0.4, 0.5) is 22.7 Å². The summed E-state index contributed by atoms with van der Waals surface area (Å²) in [5, 5.41) is 0. The first-order valence-corrected chi connectivity index (χ1v) is 13.1. The molecule has 2 fully saturated rings. The van der Waals surface area contributed by atoms with E-state index in [2.05, 4.69) is 13.8 Å². The highest BCUT2D eigenvalue weighted by atomic mass is 14.7. The molecule has 0 radical (unpaired) electrons. The first-order valence-electron chi connectivity index (χ1n) is 13.1. The molecule has 5 unspecified atom stereocenters. The van der Waals surface area contributed by atoms with Gasteiger partial charge in [0, 0.05) is 46.9 Å². The summed E-state index contributed by atoms with van der Waals surface area (Å²) in [6.45, 7) is 8.21. The predicted octanol–water partition coefficient (Wildman–Crippen LogP) is 3.24. The van der Waals surface area contributed by atoms with Gasteiger partial charge in [0.25, 0.3) is 0 Å². The summed E-state index contributed by atoms with van der Waals surface area (Å²) in [5.41, 5.74) is 50.2. The zero-order valence-electron chi connectivity index (χ0n) is 22.8. The molecule has 0 amide bonds. The first-order chi connectivity index (χ1) is 16.8. The SMILES string of the molecule is CC1C(N)CCCC1N.CC1CCC(N)CC1N.Cc1c(N)cccc1N.Cc1ccc(N)cc1N. The highest BCUT2D eigenvalue weighted by molar-refractivity contribution is 5.60. The second kappa shape index (κ2) is 15.6. The topological polar surface area (TPSA) is 208 Å². The lowest BCUT2D eigenvalue weighted by Crippen LogP contribution is -2.44. The number of hydrogen-bond acceptors (Lipinski definition) is 8. The van der Waals surface area contributed by atoms with Gasteiger partial charge >= 0.3 is 0 Å². The number of rotatable bonds is 0. The lowest BCUT2D eigenvalue weighted by Gasteiger charge is -2.30. The average molecular weight is 501 g/mol. The summed E-state index contributed by atoms with van der Waals surface area (Å²) >= 11 is 0. The molecule has 2 aromatic carbocycles. The van der Waals surface area contributed by atoms with Gasteiger partial charge < -0.3 is 45.9 Å². The van der Waals surface area contributed by atoms with Crippen LogP contribution in [0.25, 0.3) is 0 Å². The van der Waals surface area contributed by atoms with Gasteiger partial charge in [-0.25, -0.2) is 0 Å². The fourth-order valence-corrected chi connectivity index (χ4v) is 4.15. The van der Waals surface area contributed by atoms with E-state index >= 15 is 0 Å². The number of anilines is 4. The molecule has 0 saturated heterocycles. The van der Waals surface area contributed by atoms with Crippen LogP contribution in [0.2, 0.25) is 0 Å². The van der Waals surface area contributed by atoms with Crippen LogP contribution in [0, 0.1) is 25.7 Å². The average Bonchev–Trinajstić information content (AvgIpc) is 2.82. The largest absolute Gasteiger partial charge is 0.399 e. The number of nitrogens with two attached hydrogens (primary N) is 8. The van der Waals surface area contributed by atoms with Gasteiger partial charge in [-0.1, -0.05) is 32.4 Å². The van der Waals surface area contributed by atoms with E-state index in [0.717, 1.165) is 59.6 Å². The lowest BCUT2D eigenvalue weighted by molar-refractivity contribution is 0.287. The second-order valence-corrected chi connectivity index (χ2v) is 10.5. The van der Waals surface area contributed by atoms with Crippen LogP contribution in [-0.2, 0) is 0 Å². The quantitative estimate of drug-likeness (QED) is 0.251. The molecule has 8 nitrogen and oxygen atoms in total. The molecule has 4 rings (SSSR count). The van der Waals surface area contributed by atoms with E-state index in [1.807, 2.05) is 44.2 Å². The molecule has 2 aliphatic carbocycles. The lowest BCUT2D eigenvalue weighted by atomic mass is 9.83. The van der Waals surface area contributed by atoms with Crippen molar-refractivity contribution in [3.63, 3.8) is 0 Å². The summed E-state index contributed by atoms with van der Waals surface area (Å²) in [7, 11) is 0. The molecule has 16 N–H and O–H groups in total. The molecule has 204 valence electrons. The van der Waals surface area contributed by atoms with E-state index < -0.39 is 0 Å². The van der Waals surface area contributed by atoms with Crippen molar-refractivity contribution in [2.24, 2.45) is 34.8 Å². The summed E-state index contributed by atoms with van der Waals surface area (Å²) in [5.74, 6) is 1.21. The molecule has 2 aromatic rings. The Morgan fingerprint density at radius 3 is 1.61 bits per heavy atom. The maximum atomic E-state index is 5.79. The van der Waals surface area contributed by atoms with E-state index in [0.29, 0.717) is 36.0 Å². The minimum absolute atomic E-state index is 0.355. The van der Waals surface area contributed by atoms with E-state index in [1.54, 1.807) is 6.07 Å². The van der Waals surface area contributed by atoms with Crippen LogP contribution in [0.3, 0.4) is 0 Å². The molecule has 2 aliphatic rings. The number of hydrogen-bond donors (Lipinski definition) is 8. The maximum absolute atomic E-state index is 5.79. The Morgan fingerprint density at radius 1 is 0.667 bits per heavy atom. The van der Waals surface area contributed by atoms with Crippen LogP contribution >= 0.6 is 0 Å². The van der Waals surface area contributed by atoms with E-state index in [9.17, 15) is 0 Å². The van der Waals surface area contributed by atoms with Gasteiger partial charge in [0.2, 0.25) is 0 Å². The molecular formula is C28H52N8. The zero-order valence-corrected chi connectivity index (χ0v) is 22.8. The van der Waals surface area contributed by atoms with Crippen molar-refractivity contribution in [1.82, 2.24) is 0 Å². The van der Waals surface area contributed by atoms with Gasteiger partial charge in [0.1, 0.15) is 0 Å². The van der Waals surface area contributed by atoms with Crippen molar-refractivity contribution in [2.75, 3.05) is 22.9 Å². The summed E-state index contributed by atoms with van der Waals surface area (Å²) in [6, 6.07) is 12.5. The third kappa shape index (κ3) is 11.0.